The molecule has 0 saturated carbocycles. The molecular formula is C17H19BrN2O. The molecule has 1 atom stereocenters. The van der Waals surface area contributed by atoms with Gasteiger partial charge in [0.1, 0.15) is 0 Å². The first-order valence-corrected chi connectivity index (χ1v) is 7.66. The molecule has 2 aromatic rings. The van der Waals surface area contributed by atoms with E-state index in [0.717, 1.165) is 16.7 Å². The van der Waals surface area contributed by atoms with Crippen molar-refractivity contribution in [2.45, 2.75) is 19.5 Å². The summed E-state index contributed by atoms with van der Waals surface area (Å²) in [7, 11) is 1.96. The first-order chi connectivity index (χ1) is 10.1. The minimum absolute atomic E-state index is 0.000752. The minimum Gasteiger partial charge on any atom is -0.325 e. The lowest BCUT2D eigenvalue weighted by Crippen LogP contribution is -2.39. The van der Waals surface area contributed by atoms with Gasteiger partial charge in [0, 0.05) is 16.7 Å². The van der Waals surface area contributed by atoms with Gasteiger partial charge in [-0.3, -0.25) is 9.69 Å². The summed E-state index contributed by atoms with van der Waals surface area (Å²) < 4.78 is 1.06. The maximum atomic E-state index is 12.2. The lowest BCUT2D eigenvalue weighted by Gasteiger charge is -2.24. The molecule has 0 radical (unpaired) electrons. The Hall–Kier alpha value is -1.65. The van der Waals surface area contributed by atoms with Crippen molar-refractivity contribution < 1.29 is 4.79 Å². The van der Waals surface area contributed by atoms with Crippen molar-refractivity contribution in [1.82, 2.24) is 4.90 Å². The number of nitrogens with one attached hydrogen (secondary N) is 1. The molecule has 0 heterocycles. The van der Waals surface area contributed by atoms with Gasteiger partial charge in [-0.25, -0.2) is 0 Å². The number of hydrogen-bond acceptors (Lipinski definition) is 2. The average molecular weight is 347 g/mol. The Morgan fingerprint density at radius 1 is 1.14 bits per heavy atom. The van der Waals surface area contributed by atoms with Crippen LogP contribution in [0.15, 0.2) is 59.1 Å². The zero-order chi connectivity index (χ0) is 15.2. The van der Waals surface area contributed by atoms with E-state index in [9.17, 15) is 4.79 Å². The number of benzene rings is 2. The second-order valence-corrected chi connectivity index (χ2v) is 5.99. The molecule has 0 aromatic heterocycles. The zero-order valence-corrected chi connectivity index (χ0v) is 13.8. The molecule has 110 valence electrons. The van der Waals surface area contributed by atoms with Gasteiger partial charge in [-0.2, -0.15) is 0 Å². The van der Waals surface area contributed by atoms with E-state index in [1.807, 2.05) is 61.3 Å². The number of anilines is 1. The number of hydrogen-bond donors (Lipinski definition) is 1. The molecule has 3 nitrogen and oxygen atoms in total. The molecule has 0 aliphatic heterocycles. The fraction of sp³-hybridized carbons (Fsp3) is 0.235. The van der Waals surface area contributed by atoms with Gasteiger partial charge in [-0.1, -0.05) is 46.3 Å². The van der Waals surface area contributed by atoms with Gasteiger partial charge in [0.2, 0.25) is 5.91 Å². The van der Waals surface area contributed by atoms with Crippen LogP contribution in [-0.4, -0.2) is 23.9 Å². The number of carbonyl (C=O) groups excluding carboxylic acids is 1. The largest absolute Gasteiger partial charge is 0.325 e. The summed E-state index contributed by atoms with van der Waals surface area (Å²) in [5.74, 6) is 0.000752. The van der Waals surface area contributed by atoms with Crippen molar-refractivity contribution in [2.75, 3.05) is 12.4 Å². The van der Waals surface area contributed by atoms with Crippen LogP contribution in [0.2, 0.25) is 0 Å². The number of carbonyl (C=O) groups is 1. The van der Waals surface area contributed by atoms with Gasteiger partial charge >= 0.3 is 0 Å². The maximum absolute atomic E-state index is 12.2. The maximum Gasteiger partial charge on any atom is 0.241 e. The molecule has 0 spiro atoms. The van der Waals surface area contributed by atoms with Gasteiger partial charge in [0.15, 0.2) is 0 Å². The van der Waals surface area contributed by atoms with E-state index in [0.29, 0.717) is 0 Å². The highest BCUT2D eigenvalue weighted by atomic mass is 79.9. The second-order valence-electron chi connectivity index (χ2n) is 5.07. The summed E-state index contributed by atoms with van der Waals surface area (Å²) in [6, 6.07) is 17.5. The van der Waals surface area contributed by atoms with Crippen molar-refractivity contribution in [1.29, 1.82) is 0 Å². The Balaban J connectivity index is 1.93. The summed E-state index contributed by atoms with van der Waals surface area (Å²) in [5.41, 5.74) is 2.01. The topological polar surface area (TPSA) is 32.3 Å². The van der Waals surface area contributed by atoms with Crippen LogP contribution in [0.25, 0.3) is 0 Å². The van der Waals surface area contributed by atoms with E-state index in [4.69, 9.17) is 0 Å². The molecule has 0 aliphatic carbocycles. The van der Waals surface area contributed by atoms with Gasteiger partial charge in [0.05, 0.1) is 6.04 Å². The van der Waals surface area contributed by atoms with Gasteiger partial charge in [-0.15, -0.1) is 0 Å². The molecule has 1 unspecified atom stereocenters. The number of rotatable bonds is 5. The third kappa shape index (κ3) is 4.69. The van der Waals surface area contributed by atoms with Gasteiger partial charge < -0.3 is 5.32 Å². The quantitative estimate of drug-likeness (QED) is 0.890. The highest BCUT2D eigenvalue weighted by Gasteiger charge is 2.18. The van der Waals surface area contributed by atoms with Crippen molar-refractivity contribution >= 4 is 27.5 Å². The fourth-order valence-corrected chi connectivity index (χ4v) is 2.25. The highest BCUT2D eigenvalue weighted by Crippen LogP contribution is 2.13. The number of nitrogens with zero attached hydrogens (tertiary/aromatic N) is 1. The molecule has 0 saturated heterocycles. The van der Waals surface area contributed by atoms with Crippen molar-refractivity contribution in [3.05, 3.63) is 64.6 Å². The van der Waals surface area contributed by atoms with Crippen LogP contribution in [0, 0.1) is 0 Å². The molecule has 21 heavy (non-hydrogen) atoms. The lowest BCUT2D eigenvalue weighted by molar-refractivity contribution is -0.120. The van der Waals surface area contributed by atoms with Crippen molar-refractivity contribution in [2.24, 2.45) is 0 Å². The van der Waals surface area contributed by atoms with Crippen LogP contribution in [0.1, 0.15) is 12.5 Å². The monoisotopic (exact) mass is 346 g/mol. The summed E-state index contributed by atoms with van der Waals surface area (Å²) >= 11 is 3.42. The minimum atomic E-state index is -0.200. The summed E-state index contributed by atoms with van der Waals surface area (Å²) in [6.07, 6.45) is 0. The van der Waals surface area contributed by atoms with Crippen LogP contribution in [-0.2, 0) is 11.3 Å². The molecular weight excluding hydrogens is 328 g/mol. The number of amides is 1. The van der Waals surface area contributed by atoms with Gasteiger partial charge in [0.25, 0.3) is 0 Å². The van der Waals surface area contributed by atoms with Crippen molar-refractivity contribution in [3.63, 3.8) is 0 Å². The van der Waals surface area contributed by atoms with E-state index in [-0.39, 0.29) is 11.9 Å². The van der Waals surface area contributed by atoms with E-state index in [1.165, 1.54) is 5.56 Å². The highest BCUT2D eigenvalue weighted by molar-refractivity contribution is 9.10. The Morgan fingerprint density at radius 2 is 1.76 bits per heavy atom. The zero-order valence-electron chi connectivity index (χ0n) is 12.2. The third-order valence-corrected chi connectivity index (χ3v) is 3.96. The molecule has 1 amide bonds. The van der Waals surface area contributed by atoms with Crippen molar-refractivity contribution in [3.8, 4) is 0 Å². The van der Waals surface area contributed by atoms with E-state index in [2.05, 4.69) is 33.4 Å². The standard InChI is InChI=1S/C17H19BrN2O/c1-13(17(21)19-16-6-4-3-5-7-16)20(2)12-14-8-10-15(18)11-9-14/h3-11,13H,12H2,1-2H3,(H,19,21). The predicted octanol–water partition coefficient (Wildman–Crippen LogP) is 3.91. The first kappa shape index (κ1) is 15.7. The molecule has 2 aromatic carbocycles. The number of halogens is 1. The average Bonchev–Trinajstić information content (AvgIpc) is 2.49. The predicted molar refractivity (Wildman–Crippen MR) is 90.1 cm³/mol. The Kier molecular flexibility index (Phi) is 5.53. The van der Waals surface area contributed by atoms with E-state index in [1.54, 1.807) is 0 Å². The first-order valence-electron chi connectivity index (χ1n) is 6.87. The Morgan fingerprint density at radius 3 is 2.38 bits per heavy atom. The Bertz CT molecular complexity index is 583. The molecule has 2 rings (SSSR count). The Labute approximate surface area is 134 Å². The summed E-state index contributed by atoms with van der Waals surface area (Å²) in [5, 5.41) is 2.93. The molecule has 0 bridgehead atoms. The number of likely N-dealkylation sites (N-methyl/N-ethyl adjacent to an activating group) is 1. The van der Waals surface area contributed by atoms with Crippen LogP contribution in [0.5, 0.6) is 0 Å². The fourth-order valence-electron chi connectivity index (χ4n) is 1.98. The van der Waals surface area contributed by atoms with Gasteiger partial charge in [-0.05, 0) is 43.8 Å². The summed E-state index contributed by atoms with van der Waals surface area (Å²) in [4.78, 5) is 14.3. The smallest absolute Gasteiger partial charge is 0.241 e. The molecule has 1 N–H and O–H groups in total. The molecule has 4 heteroatoms. The second kappa shape index (κ2) is 7.38. The van der Waals surface area contributed by atoms with Crippen LogP contribution in [0.4, 0.5) is 5.69 Å². The normalized spacial score (nSPS) is 12.2. The molecule has 0 fully saturated rings. The third-order valence-electron chi connectivity index (χ3n) is 3.43. The van der Waals surface area contributed by atoms with Crippen LogP contribution < -0.4 is 5.32 Å². The van der Waals surface area contributed by atoms with E-state index >= 15 is 0 Å². The SMILES string of the molecule is CC(C(=O)Nc1ccccc1)N(C)Cc1ccc(Br)cc1. The molecule has 0 aliphatic rings. The lowest BCUT2D eigenvalue weighted by atomic mass is 10.2. The summed E-state index contributed by atoms with van der Waals surface area (Å²) in [6.45, 7) is 2.65. The van der Waals surface area contributed by atoms with E-state index < -0.39 is 0 Å². The number of para-hydroxylation sites is 1. The van der Waals surface area contributed by atoms with Crippen LogP contribution >= 0.6 is 15.9 Å². The van der Waals surface area contributed by atoms with Crippen LogP contribution in [0.3, 0.4) is 0 Å².